The minimum absolute atomic E-state index is 0.379. The van der Waals surface area contributed by atoms with Gasteiger partial charge in [0, 0.05) is 51.7 Å². The summed E-state index contributed by atoms with van der Waals surface area (Å²) in [7, 11) is 6.76. The maximum Gasteiger partial charge on any atom is 0.413 e. The number of aromatic nitrogens is 1. The fourth-order valence-corrected chi connectivity index (χ4v) is 2.74. The summed E-state index contributed by atoms with van der Waals surface area (Å²) >= 11 is 0. The van der Waals surface area contributed by atoms with Gasteiger partial charge in [-0.2, -0.15) is 0 Å². The zero-order valence-corrected chi connectivity index (χ0v) is 19.9. The molecule has 0 saturated carbocycles. The molecule has 180 valence electrons. The van der Waals surface area contributed by atoms with E-state index in [1.807, 2.05) is 48.4 Å². The van der Waals surface area contributed by atoms with E-state index in [-0.39, 0.29) is 6.17 Å². The zero-order chi connectivity index (χ0) is 24.6. The molecule has 0 aromatic carbocycles. The number of rotatable bonds is 12. The minimum Gasteiger partial charge on any atom is -0.453 e. The fourth-order valence-electron chi connectivity index (χ4n) is 2.74. The van der Waals surface area contributed by atoms with Gasteiger partial charge in [-0.15, -0.1) is 0 Å². The highest BCUT2D eigenvalue weighted by Crippen LogP contribution is 2.20. The molecule has 0 saturated heterocycles. The van der Waals surface area contributed by atoms with Crippen LogP contribution in [0.15, 0.2) is 72.4 Å². The largest absolute Gasteiger partial charge is 0.453 e. The lowest BCUT2D eigenvalue weighted by Gasteiger charge is -2.31. The lowest BCUT2D eigenvalue weighted by molar-refractivity contribution is 0.147. The van der Waals surface area contributed by atoms with Crippen molar-refractivity contribution in [3.63, 3.8) is 0 Å². The molecule has 10 heteroatoms. The van der Waals surface area contributed by atoms with Gasteiger partial charge in [0.2, 0.25) is 0 Å². The SMILES string of the molecule is COC(=O)N(C)/C=C/NC(Cc1cccnc1N(C/C=C/C=C\C=C\F)N(C)C)/N=C(\C)N. The van der Waals surface area contributed by atoms with Crippen molar-refractivity contribution in [3.05, 3.63) is 73.0 Å². The number of nitrogens with two attached hydrogens (primary N) is 1. The maximum atomic E-state index is 12.0. The first-order valence-corrected chi connectivity index (χ1v) is 10.3. The molecule has 1 rings (SSSR count). The van der Waals surface area contributed by atoms with Crippen LogP contribution in [-0.4, -0.2) is 67.8 Å². The molecular formula is C23H34FN7O2. The lowest BCUT2D eigenvalue weighted by atomic mass is 10.1. The Kier molecular flexibility index (Phi) is 12.6. The van der Waals surface area contributed by atoms with Crippen molar-refractivity contribution in [2.75, 3.05) is 39.8 Å². The van der Waals surface area contributed by atoms with Gasteiger partial charge in [-0.05, 0) is 19.1 Å². The Morgan fingerprint density at radius 2 is 2.03 bits per heavy atom. The predicted molar refractivity (Wildman–Crippen MR) is 131 cm³/mol. The maximum absolute atomic E-state index is 12.0. The highest BCUT2D eigenvalue weighted by Gasteiger charge is 2.17. The van der Waals surface area contributed by atoms with E-state index < -0.39 is 6.09 Å². The van der Waals surface area contributed by atoms with Gasteiger partial charge in [0.1, 0.15) is 12.0 Å². The number of pyridine rings is 1. The number of anilines is 1. The number of carbonyl (C=O) groups is 1. The van der Waals surface area contributed by atoms with Gasteiger partial charge in [-0.25, -0.2) is 24.2 Å². The molecule has 1 aromatic rings. The summed E-state index contributed by atoms with van der Waals surface area (Å²) in [6, 6.07) is 3.85. The van der Waals surface area contributed by atoms with Crippen molar-refractivity contribution >= 4 is 17.7 Å². The van der Waals surface area contributed by atoms with E-state index in [4.69, 9.17) is 5.73 Å². The van der Waals surface area contributed by atoms with Crippen LogP contribution in [0.3, 0.4) is 0 Å². The summed E-state index contributed by atoms with van der Waals surface area (Å²) in [5.74, 6) is 1.20. The van der Waals surface area contributed by atoms with Gasteiger partial charge < -0.3 is 15.8 Å². The first kappa shape index (κ1) is 27.4. The average molecular weight is 460 g/mol. The summed E-state index contributed by atoms with van der Waals surface area (Å²) in [5.41, 5.74) is 6.78. The van der Waals surface area contributed by atoms with Crippen LogP contribution in [0.25, 0.3) is 0 Å². The number of hydrogen-bond donors (Lipinski definition) is 2. The highest BCUT2D eigenvalue weighted by molar-refractivity contribution is 5.77. The van der Waals surface area contributed by atoms with E-state index in [9.17, 15) is 9.18 Å². The van der Waals surface area contributed by atoms with Crippen LogP contribution in [0.5, 0.6) is 0 Å². The van der Waals surface area contributed by atoms with Crippen LogP contribution < -0.4 is 16.1 Å². The number of ether oxygens (including phenoxy) is 1. The standard InChI is InChI=1S/C23H34FN7O2/c1-19(25)28-21(26-15-17-30(4)23(32)33-5)18-20-12-11-14-27-22(20)31(29(2)3)16-10-8-6-7-9-13-24/h6-15,17,21,26H,16,18H2,1-5H3,(H2,25,28)/b7-6-,10-8+,13-9+,17-15+. The average Bonchev–Trinajstić information content (AvgIpc) is 2.78. The fraction of sp³-hybridized carbons (Fsp3) is 0.348. The van der Waals surface area contributed by atoms with E-state index in [1.54, 1.807) is 44.7 Å². The Morgan fingerprint density at radius 3 is 2.67 bits per heavy atom. The first-order chi connectivity index (χ1) is 15.8. The molecule has 3 N–H and O–H groups in total. The molecule has 0 aliphatic carbocycles. The normalized spacial score (nSPS) is 13.5. The Balaban J connectivity index is 3.06. The molecule has 0 radical (unpaired) electrons. The summed E-state index contributed by atoms with van der Waals surface area (Å²) < 4.78 is 16.7. The topological polar surface area (TPSA) is 99.3 Å². The third-order valence-corrected chi connectivity index (χ3v) is 4.24. The predicted octanol–water partition coefficient (Wildman–Crippen LogP) is 2.96. The van der Waals surface area contributed by atoms with Gasteiger partial charge in [-0.1, -0.05) is 30.4 Å². The van der Waals surface area contributed by atoms with Crippen molar-refractivity contribution in [3.8, 4) is 0 Å². The molecule has 1 heterocycles. The second-order valence-electron chi connectivity index (χ2n) is 7.10. The number of hydrazine groups is 1. The van der Waals surface area contributed by atoms with Gasteiger partial charge in [0.15, 0.2) is 0 Å². The molecular weight excluding hydrogens is 425 g/mol. The van der Waals surface area contributed by atoms with Gasteiger partial charge >= 0.3 is 6.09 Å². The molecule has 33 heavy (non-hydrogen) atoms. The third kappa shape index (κ3) is 10.5. The summed E-state index contributed by atoms with van der Waals surface area (Å²) in [6.07, 6.45) is 13.5. The van der Waals surface area contributed by atoms with Crippen LogP contribution in [0.4, 0.5) is 15.0 Å². The molecule has 0 spiro atoms. The number of amidine groups is 1. The van der Waals surface area contributed by atoms with E-state index in [0.29, 0.717) is 25.1 Å². The molecule has 1 amide bonds. The van der Waals surface area contributed by atoms with Crippen molar-refractivity contribution in [1.82, 2.24) is 20.2 Å². The number of methoxy groups -OCH3 is 1. The molecule has 9 nitrogen and oxygen atoms in total. The van der Waals surface area contributed by atoms with E-state index in [0.717, 1.165) is 11.4 Å². The van der Waals surface area contributed by atoms with Gasteiger partial charge in [-0.3, -0.25) is 9.91 Å². The summed E-state index contributed by atoms with van der Waals surface area (Å²) in [4.78, 5) is 21.9. The minimum atomic E-state index is -0.483. The highest BCUT2D eigenvalue weighted by atomic mass is 19.1. The molecule has 1 aromatic heterocycles. The monoisotopic (exact) mass is 459 g/mol. The van der Waals surface area contributed by atoms with E-state index in [2.05, 4.69) is 20.0 Å². The third-order valence-electron chi connectivity index (χ3n) is 4.24. The number of hydrogen-bond acceptors (Lipinski definition) is 7. The molecule has 0 fully saturated rings. The quantitative estimate of drug-likeness (QED) is 0.215. The second kappa shape index (κ2) is 15.2. The molecule has 1 unspecified atom stereocenters. The van der Waals surface area contributed by atoms with Gasteiger partial charge in [0.05, 0.1) is 25.8 Å². The van der Waals surface area contributed by atoms with E-state index >= 15 is 0 Å². The number of carbonyl (C=O) groups excluding carboxylic acids is 1. The number of nitrogens with one attached hydrogen (secondary N) is 1. The molecule has 0 aliphatic heterocycles. The van der Waals surface area contributed by atoms with Crippen LogP contribution in [-0.2, 0) is 11.2 Å². The molecule has 0 aliphatic rings. The lowest BCUT2D eigenvalue weighted by Crippen LogP contribution is -2.39. The first-order valence-electron chi connectivity index (χ1n) is 10.3. The smallest absolute Gasteiger partial charge is 0.413 e. The number of aliphatic imine (C=N–C) groups is 1. The summed E-state index contributed by atoms with van der Waals surface area (Å²) in [5, 5.41) is 7.10. The number of halogens is 1. The summed E-state index contributed by atoms with van der Waals surface area (Å²) in [6.45, 7) is 2.27. The van der Waals surface area contributed by atoms with Crippen molar-refractivity contribution in [2.24, 2.45) is 10.7 Å². The number of nitrogens with zero attached hydrogens (tertiary/aromatic N) is 5. The van der Waals surface area contributed by atoms with Crippen LogP contribution in [0.2, 0.25) is 0 Å². The Labute approximate surface area is 195 Å². The Bertz CT molecular complexity index is 877. The Morgan fingerprint density at radius 1 is 1.30 bits per heavy atom. The van der Waals surface area contributed by atoms with Crippen LogP contribution in [0.1, 0.15) is 12.5 Å². The van der Waals surface area contributed by atoms with Crippen molar-refractivity contribution in [2.45, 2.75) is 19.5 Å². The van der Waals surface area contributed by atoms with Crippen LogP contribution >= 0.6 is 0 Å². The Hall–Kier alpha value is -3.66. The molecule has 1 atom stereocenters. The second-order valence-corrected chi connectivity index (χ2v) is 7.10. The number of allylic oxidation sites excluding steroid dienone is 4. The molecule has 0 bridgehead atoms. The van der Waals surface area contributed by atoms with Crippen LogP contribution in [0, 0.1) is 0 Å². The van der Waals surface area contributed by atoms with E-state index in [1.165, 1.54) is 18.1 Å². The van der Waals surface area contributed by atoms with Crippen molar-refractivity contribution in [1.29, 1.82) is 0 Å². The van der Waals surface area contributed by atoms with Crippen molar-refractivity contribution < 1.29 is 13.9 Å². The van der Waals surface area contributed by atoms with Gasteiger partial charge in [0.25, 0.3) is 0 Å². The zero-order valence-electron chi connectivity index (χ0n) is 19.9. The number of amides is 1.